The molecule has 0 amide bonds. The van der Waals surface area contributed by atoms with Crippen LogP contribution in [0.15, 0.2) is 59.7 Å². The molecule has 5 rings (SSSR count). The van der Waals surface area contributed by atoms with Crippen LogP contribution >= 0.6 is 0 Å². The topological polar surface area (TPSA) is 90.1 Å². The van der Waals surface area contributed by atoms with Crippen LogP contribution in [0.2, 0.25) is 0 Å². The third-order valence-electron chi connectivity index (χ3n) is 6.25. The number of rotatable bonds is 7. The third kappa shape index (κ3) is 4.81. The van der Waals surface area contributed by atoms with E-state index in [1.807, 2.05) is 36.4 Å². The first kappa shape index (κ1) is 21.4. The Balaban J connectivity index is 1.29. The quantitative estimate of drug-likeness (QED) is 0.456. The Hall–Kier alpha value is -3.49. The van der Waals surface area contributed by atoms with Crippen molar-refractivity contribution in [2.75, 3.05) is 45.9 Å². The zero-order valence-corrected chi connectivity index (χ0v) is 18.8. The van der Waals surface area contributed by atoms with Gasteiger partial charge in [-0.05, 0) is 49.0 Å². The Morgan fingerprint density at radius 3 is 2.58 bits per heavy atom. The summed E-state index contributed by atoms with van der Waals surface area (Å²) in [5.74, 6) is 0.835. The molecule has 4 aromatic rings. The number of piperazine rings is 1. The van der Waals surface area contributed by atoms with Gasteiger partial charge in [-0.3, -0.25) is 14.7 Å². The summed E-state index contributed by atoms with van der Waals surface area (Å²) in [4.78, 5) is 24.8. The molecule has 4 heterocycles. The Kier molecular flexibility index (Phi) is 6.19. The van der Waals surface area contributed by atoms with Gasteiger partial charge < -0.3 is 14.6 Å². The van der Waals surface area contributed by atoms with Gasteiger partial charge in [-0.2, -0.15) is 5.10 Å². The van der Waals surface area contributed by atoms with E-state index in [2.05, 4.69) is 36.9 Å². The first-order valence-electron chi connectivity index (χ1n) is 11.4. The molecule has 33 heavy (non-hydrogen) atoms. The van der Waals surface area contributed by atoms with E-state index in [9.17, 15) is 4.79 Å². The number of benzene rings is 1. The molecule has 170 valence electrons. The van der Waals surface area contributed by atoms with Crippen molar-refractivity contribution < 1.29 is 4.74 Å². The monoisotopic (exact) mass is 444 g/mol. The molecule has 0 aliphatic carbocycles. The molecule has 8 heteroatoms. The van der Waals surface area contributed by atoms with Gasteiger partial charge in [0.25, 0.3) is 5.56 Å². The van der Waals surface area contributed by atoms with Crippen LogP contribution in [0.1, 0.15) is 6.92 Å². The second kappa shape index (κ2) is 9.56. The molecule has 1 saturated heterocycles. The lowest BCUT2D eigenvalue weighted by molar-refractivity contribution is 0.121. The smallest absolute Gasteiger partial charge is 0.273 e. The maximum absolute atomic E-state index is 12.5. The number of nitrogens with zero attached hydrogens (tertiary/aromatic N) is 4. The Bertz CT molecular complexity index is 1280. The highest BCUT2D eigenvalue weighted by molar-refractivity contribution is 5.87. The number of hydrogen-bond acceptors (Lipinski definition) is 6. The SMILES string of the molecule is CCN1CCN(CCOc2ccc3[nH]c(-c4cc(-c5ccncc5)n[nH]c4=O)cc3c2)CC1. The van der Waals surface area contributed by atoms with Gasteiger partial charge in [0.1, 0.15) is 12.4 Å². The number of likely N-dealkylation sites (N-methyl/N-ethyl adjacent to an activating group) is 1. The molecule has 1 fully saturated rings. The predicted octanol–water partition coefficient (Wildman–Crippen LogP) is 3.00. The van der Waals surface area contributed by atoms with Gasteiger partial charge in [0.15, 0.2) is 0 Å². The fourth-order valence-electron chi connectivity index (χ4n) is 4.24. The van der Waals surface area contributed by atoms with E-state index in [-0.39, 0.29) is 5.56 Å². The number of aromatic nitrogens is 4. The van der Waals surface area contributed by atoms with E-state index in [1.54, 1.807) is 18.5 Å². The lowest BCUT2D eigenvalue weighted by atomic mass is 10.1. The number of fused-ring (bicyclic) bond motifs is 1. The number of aromatic amines is 2. The minimum atomic E-state index is -0.237. The van der Waals surface area contributed by atoms with Crippen molar-refractivity contribution >= 4 is 10.9 Å². The second-order valence-electron chi connectivity index (χ2n) is 8.29. The number of pyridine rings is 1. The molecule has 0 radical (unpaired) electrons. The van der Waals surface area contributed by atoms with Crippen LogP contribution < -0.4 is 10.3 Å². The van der Waals surface area contributed by atoms with Crippen LogP contribution in [0.3, 0.4) is 0 Å². The van der Waals surface area contributed by atoms with Crippen molar-refractivity contribution in [1.82, 2.24) is 30.0 Å². The van der Waals surface area contributed by atoms with Crippen LogP contribution in [-0.4, -0.2) is 75.8 Å². The van der Waals surface area contributed by atoms with Crippen LogP contribution in [-0.2, 0) is 0 Å². The largest absolute Gasteiger partial charge is 0.492 e. The molecule has 0 unspecified atom stereocenters. The summed E-state index contributed by atoms with van der Waals surface area (Å²) in [6.07, 6.45) is 3.41. The van der Waals surface area contributed by atoms with E-state index < -0.39 is 0 Å². The van der Waals surface area contributed by atoms with Crippen molar-refractivity contribution in [2.24, 2.45) is 0 Å². The summed E-state index contributed by atoms with van der Waals surface area (Å²) in [6.45, 7) is 9.38. The van der Waals surface area contributed by atoms with E-state index in [0.717, 1.165) is 67.2 Å². The van der Waals surface area contributed by atoms with Crippen LogP contribution in [0.25, 0.3) is 33.4 Å². The van der Waals surface area contributed by atoms with Crippen molar-refractivity contribution in [3.8, 4) is 28.3 Å². The molecule has 0 spiro atoms. The second-order valence-corrected chi connectivity index (χ2v) is 8.29. The van der Waals surface area contributed by atoms with Gasteiger partial charge in [-0.15, -0.1) is 0 Å². The lowest BCUT2D eigenvalue weighted by Crippen LogP contribution is -2.47. The molecule has 1 aromatic carbocycles. The average molecular weight is 445 g/mol. The Morgan fingerprint density at radius 1 is 1.00 bits per heavy atom. The normalized spacial score (nSPS) is 15.2. The Morgan fingerprint density at radius 2 is 1.79 bits per heavy atom. The predicted molar refractivity (Wildman–Crippen MR) is 129 cm³/mol. The average Bonchev–Trinajstić information content (AvgIpc) is 3.28. The molecule has 0 saturated carbocycles. The van der Waals surface area contributed by atoms with E-state index >= 15 is 0 Å². The standard InChI is InChI=1S/C25H28N6O2/c1-2-30-9-11-31(12-10-30)13-14-33-20-3-4-22-19(15-20)16-24(27-22)21-17-23(28-29-25(21)32)18-5-7-26-8-6-18/h3-8,15-17,27H,2,9-14H2,1H3,(H,29,32). The van der Waals surface area contributed by atoms with Gasteiger partial charge in [-0.1, -0.05) is 6.92 Å². The minimum Gasteiger partial charge on any atom is -0.492 e. The highest BCUT2D eigenvalue weighted by Crippen LogP contribution is 2.27. The highest BCUT2D eigenvalue weighted by Gasteiger charge is 2.15. The van der Waals surface area contributed by atoms with Crippen LogP contribution in [0, 0.1) is 0 Å². The van der Waals surface area contributed by atoms with Crippen molar-refractivity contribution in [2.45, 2.75) is 6.92 Å². The van der Waals surface area contributed by atoms with Gasteiger partial charge >= 0.3 is 0 Å². The molecule has 1 aliphatic heterocycles. The molecule has 8 nitrogen and oxygen atoms in total. The Labute approximate surface area is 192 Å². The van der Waals surface area contributed by atoms with E-state index in [1.165, 1.54) is 0 Å². The van der Waals surface area contributed by atoms with Gasteiger partial charge in [0, 0.05) is 61.6 Å². The third-order valence-corrected chi connectivity index (χ3v) is 6.25. The molecular formula is C25H28N6O2. The first-order valence-corrected chi connectivity index (χ1v) is 11.4. The molecule has 1 aliphatic rings. The van der Waals surface area contributed by atoms with Crippen LogP contribution in [0.4, 0.5) is 0 Å². The molecule has 0 atom stereocenters. The van der Waals surface area contributed by atoms with Crippen molar-refractivity contribution in [1.29, 1.82) is 0 Å². The highest BCUT2D eigenvalue weighted by atomic mass is 16.5. The molecular weight excluding hydrogens is 416 g/mol. The van der Waals surface area contributed by atoms with Gasteiger partial charge in [0.05, 0.1) is 17.0 Å². The van der Waals surface area contributed by atoms with Crippen molar-refractivity contribution in [3.05, 3.63) is 65.2 Å². The summed E-state index contributed by atoms with van der Waals surface area (Å²) in [6, 6.07) is 13.5. The lowest BCUT2D eigenvalue weighted by Gasteiger charge is -2.33. The van der Waals surface area contributed by atoms with Gasteiger partial charge in [0.2, 0.25) is 0 Å². The molecule has 3 aromatic heterocycles. The number of H-pyrrole nitrogens is 2. The van der Waals surface area contributed by atoms with Gasteiger partial charge in [-0.25, -0.2) is 5.10 Å². The summed E-state index contributed by atoms with van der Waals surface area (Å²) >= 11 is 0. The summed E-state index contributed by atoms with van der Waals surface area (Å²) in [5, 5.41) is 7.79. The fraction of sp³-hybridized carbons (Fsp3) is 0.320. The molecule has 0 bridgehead atoms. The minimum absolute atomic E-state index is 0.237. The summed E-state index contributed by atoms with van der Waals surface area (Å²) < 4.78 is 6.03. The van der Waals surface area contributed by atoms with Crippen LogP contribution in [0.5, 0.6) is 5.75 Å². The number of hydrogen-bond donors (Lipinski definition) is 2. The zero-order chi connectivity index (χ0) is 22.6. The van der Waals surface area contributed by atoms with E-state index in [4.69, 9.17) is 4.74 Å². The zero-order valence-electron chi connectivity index (χ0n) is 18.8. The fourth-order valence-corrected chi connectivity index (χ4v) is 4.24. The first-order chi connectivity index (χ1) is 16.2. The number of nitrogens with one attached hydrogen (secondary N) is 2. The summed E-state index contributed by atoms with van der Waals surface area (Å²) in [5.41, 5.74) is 3.59. The maximum atomic E-state index is 12.5. The number of ether oxygens (including phenoxy) is 1. The molecule has 2 N–H and O–H groups in total. The maximum Gasteiger partial charge on any atom is 0.273 e. The van der Waals surface area contributed by atoms with E-state index in [0.29, 0.717) is 17.9 Å². The summed E-state index contributed by atoms with van der Waals surface area (Å²) in [7, 11) is 0. The van der Waals surface area contributed by atoms with Crippen molar-refractivity contribution in [3.63, 3.8) is 0 Å².